The van der Waals surface area contributed by atoms with Crippen LogP contribution in [0.4, 0.5) is 0 Å². The Kier molecular flexibility index (Phi) is 4.15. The second kappa shape index (κ2) is 5.50. The van der Waals surface area contributed by atoms with E-state index in [-0.39, 0.29) is 11.5 Å². The number of fused-ring (bicyclic) bond motifs is 1. The van der Waals surface area contributed by atoms with Crippen LogP contribution in [0.2, 0.25) is 0 Å². The Morgan fingerprint density at radius 2 is 2.11 bits per heavy atom. The smallest absolute Gasteiger partial charge is 0.320 e. The molecule has 0 spiro atoms. The molecule has 106 valence electrons. The molecule has 2 rings (SSSR count). The third-order valence-electron chi connectivity index (χ3n) is 4.80. The van der Waals surface area contributed by atoms with E-state index < -0.39 is 5.97 Å². The van der Waals surface area contributed by atoms with Crippen molar-refractivity contribution in [3.63, 3.8) is 0 Å². The first-order valence-electron chi connectivity index (χ1n) is 7.34. The number of carboxylic acids is 1. The molecule has 1 aliphatic carbocycles. The first-order valence-corrected chi connectivity index (χ1v) is 7.34. The summed E-state index contributed by atoms with van der Waals surface area (Å²) >= 11 is 0. The molecule has 4 heteroatoms. The van der Waals surface area contributed by atoms with E-state index in [1.807, 2.05) is 13.8 Å². The van der Waals surface area contributed by atoms with E-state index in [1.54, 1.807) is 0 Å². The third-order valence-corrected chi connectivity index (χ3v) is 4.80. The molecule has 0 aromatic carbocycles. The van der Waals surface area contributed by atoms with Crippen molar-refractivity contribution in [2.75, 3.05) is 6.54 Å². The minimum atomic E-state index is -0.691. The molecule has 19 heavy (non-hydrogen) atoms. The fraction of sp³-hybridized carbons (Fsp3) is 0.867. The summed E-state index contributed by atoms with van der Waals surface area (Å²) in [7, 11) is 0. The minimum absolute atomic E-state index is 0.331. The Labute approximate surface area is 115 Å². The number of hydrogen-bond donors (Lipinski definition) is 1. The van der Waals surface area contributed by atoms with Crippen LogP contribution >= 0.6 is 0 Å². The molecule has 4 nitrogen and oxygen atoms in total. The van der Waals surface area contributed by atoms with Gasteiger partial charge >= 0.3 is 5.97 Å². The summed E-state index contributed by atoms with van der Waals surface area (Å²) < 4.78 is 0. The van der Waals surface area contributed by atoms with Crippen LogP contribution in [-0.2, 0) is 4.79 Å². The van der Waals surface area contributed by atoms with E-state index >= 15 is 0 Å². The highest BCUT2D eigenvalue weighted by Crippen LogP contribution is 2.40. The van der Waals surface area contributed by atoms with Crippen LogP contribution in [0.25, 0.3) is 0 Å². The van der Waals surface area contributed by atoms with Crippen molar-refractivity contribution in [2.24, 2.45) is 11.3 Å². The van der Waals surface area contributed by atoms with Crippen LogP contribution in [-0.4, -0.2) is 34.6 Å². The molecular weight excluding hydrogens is 240 g/mol. The zero-order valence-corrected chi connectivity index (χ0v) is 11.9. The van der Waals surface area contributed by atoms with Gasteiger partial charge in [-0.3, -0.25) is 9.69 Å². The van der Waals surface area contributed by atoms with E-state index in [0.717, 1.165) is 25.8 Å². The summed E-state index contributed by atoms with van der Waals surface area (Å²) in [5.41, 5.74) is -0.365. The second-order valence-electron chi connectivity index (χ2n) is 6.69. The van der Waals surface area contributed by atoms with Crippen molar-refractivity contribution in [2.45, 2.75) is 64.5 Å². The normalized spacial score (nSPS) is 31.7. The highest BCUT2D eigenvalue weighted by molar-refractivity contribution is 5.74. The number of nitriles is 1. The van der Waals surface area contributed by atoms with E-state index in [2.05, 4.69) is 11.0 Å². The zero-order chi connectivity index (χ0) is 14.0. The SMILES string of the molecule is CC(C)(C#N)CCN1C(C(=O)O)CC2CCCCC21. The van der Waals surface area contributed by atoms with Crippen molar-refractivity contribution >= 4 is 5.97 Å². The number of aliphatic carboxylic acids is 1. The molecule has 3 unspecified atom stereocenters. The molecule has 3 atom stereocenters. The summed E-state index contributed by atoms with van der Waals surface area (Å²) in [4.78, 5) is 13.6. The highest BCUT2D eigenvalue weighted by Gasteiger charge is 2.45. The van der Waals surface area contributed by atoms with Gasteiger partial charge in [-0.1, -0.05) is 12.8 Å². The largest absolute Gasteiger partial charge is 0.480 e. The Morgan fingerprint density at radius 3 is 2.74 bits per heavy atom. The maximum atomic E-state index is 11.4. The molecule has 0 amide bonds. The number of carbonyl (C=O) groups is 1. The van der Waals surface area contributed by atoms with Gasteiger partial charge in [0.15, 0.2) is 0 Å². The maximum Gasteiger partial charge on any atom is 0.320 e. The first-order chi connectivity index (χ1) is 8.94. The van der Waals surface area contributed by atoms with Crippen molar-refractivity contribution in [1.29, 1.82) is 5.26 Å². The molecule has 0 aromatic rings. The number of carboxylic acid groups (broad SMARTS) is 1. The molecule has 2 aliphatic rings. The summed E-state index contributed by atoms with van der Waals surface area (Å²) in [5, 5.41) is 18.5. The van der Waals surface area contributed by atoms with Gasteiger partial charge in [-0.25, -0.2) is 0 Å². The van der Waals surface area contributed by atoms with Gasteiger partial charge in [-0.05, 0) is 45.4 Å². The Balaban J connectivity index is 2.06. The van der Waals surface area contributed by atoms with Gasteiger partial charge in [0.2, 0.25) is 0 Å². The van der Waals surface area contributed by atoms with Gasteiger partial charge in [0.1, 0.15) is 6.04 Å². The Bertz CT molecular complexity index is 386. The van der Waals surface area contributed by atoms with Crippen molar-refractivity contribution in [1.82, 2.24) is 4.90 Å². The molecular formula is C15H24N2O2. The lowest BCUT2D eigenvalue weighted by Gasteiger charge is -2.34. The van der Waals surface area contributed by atoms with Crippen LogP contribution in [0, 0.1) is 22.7 Å². The van der Waals surface area contributed by atoms with E-state index in [0.29, 0.717) is 12.0 Å². The lowest BCUT2D eigenvalue weighted by atomic mass is 9.84. The fourth-order valence-electron chi connectivity index (χ4n) is 3.58. The van der Waals surface area contributed by atoms with Crippen LogP contribution in [0.3, 0.4) is 0 Å². The van der Waals surface area contributed by atoms with Crippen LogP contribution < -0.4 is 0 Å². The molecule has 1 heterocycles. The molecule has 1 N–H and O–H groups in total. The standard InChI is InChI=1S/C15H24N2O2/c1-15(2,10-16)7-8-17-12-6-4-3-5-11(12)9-13(17)14(18)19/h11-13H,3-9H2,1-2H3,(H,18,19). The van der Waals surface area contributed by atoms with Crippen LogP contribution in [0.1, 0.15) is 52.4 Å². The van der Waals surface area contributed by atoms with Crippen molar-refractivity contribution < 1.29 is 9.90 Å². The summed E-state index contributed by atoms with van der Waals surface area (Å²) in [6, 6.07) is 2.41. The lowest BCUT2D eigenvalue weighted by Crippen LogP contribution is -2.43. The first kappa shape index (κ1) is 14.3. The highest BCUT2D eigenvalue weighted by atomic mass is 16.4. The van der Waals surface area contributed by atoms with E-state index in [1.165, 1.54) is 19.3 Å². The van der Waals surface area contributed by atoms with Gasteiger partial charge in [0.25, 0.3) is 0 Å². The van der Waals surface area contributed by atoms with Gasteiger partial charge in [0.05, 0.1) is 11.5 Å². The van der Waals surface area contributed by atoms with Gasteiger partial charge in [-0.15, -0.1) is 0 Å². The molecule has 1 saturated carbocycles. The predicted octanol–water partition coefficient (Wildman–Crippen LogP) is 2.64. The summed E-state index contributed by atoms with van der Waals surface area (Å²) in [6.07, 6.45) is 6.30. The Morgan fingerprint density at radius 1 is 1.42 bits per heavy atom. The van der Waals surface area contributed by atoms with Gasteiger partial charge in [0, 0.05) is 12.6 Å². The molecule has 0 radical (unpaired) electrons. The maximum absolute atomic E-state index is 11.4. The van der Waals surface area contributed by atoms with Gasteiger partial charge < -0.3 is 5.11 Å². The second-order valence-corrected chi connectivity index (χ2v) is 6.69. The van der Waals surface area contributed by atoms with Crippen molar-refractivity contribution in [3.05, 3.63) is 0 Å². The number of rotatable bonds is 4. The molecule has 2 fully saturated rings. The predicted molar refractivity (Wildman–Crippen MR) is 72.5 cm³/mol. The molecule has 0 aromatic heterocycles. The molecule has 1 aliphatic heterocycles. The van der Waals surface area contributed by atoms with Crippen molar-refractivity contribution in [3.8, 4) is 6.07 Å². The average Bonchev–Trinajstić information content (AvgIpc) is 2.75. The van der Waals surface area contributed by atoms with Crippen LogP contribution in [0.5, 0.6) is 0 Å². The summed E-state index contributed by atoms with van der Waals surface area (Å²) in [6.45, 7) is 4.59. The fourth-order valence-corrected chi connectivity index (χ4v) is 3.58. The minimum Gasteiger partial charge on any atom is -0.480 e. The van der Waals surface area contributed by atoms with Crippen LogP contribution in [0.15, 0.2) is 0 Å². The topological polar surface area (TPSA) is 64.3 Å². The average molecular weight is 264 g/mol. The Hall–Kier alpha value is -1.08. The number of hydrogen-bond acceptors (Lipinski definition) is 3. The molecule has 1 saturated heterocycles. The number of nitrogens with zero attached hydrogens (tertiary/aromatic N) is 2. The molecule has 0 bridgehead atoms. The number of likely N-dealkylation sites (tertiary alicyclic amines) is 1. The van der Waals surface area contributed by atoms with E-state index in [4.69, 9.17) is 5.26 Å². The zero-order valence-electron chi connectivity index (χ0n) is 11.9. The van der Waals surface area contributed by atoms with Gasteiger partial charge in [-0.2, -0.15) is 5.26 Å². The third kappa shape index (κ3) is 3.09. The lowest BCUT2D eigenvalue weighted by molar-refractivity contribution is -0.142. The monoisotopic (exact) mass is 264 g/mol. The summed E-state index contributed by atoms with van der Waals surface area (Å²) in [5.74, 6) is -0.135. The quantitative estimate of drug-likeness (QED) is 0.847. The van der Waals surface area contributed by atoms with E-state index in [9.17, 15) is 9.90 Å².